The number of hydrogen-bond acceptors (Lipinski definition) is 1. The third-order valence-corrected chi connectivity index (χ3v) is 4.03. The predicted octanol–water partition coefficient (Wildman–Crippen LogP) is 3.45. The Kier molecular flexibility index (Phi) is 4.43. The first-order valence-corrected chi connectivity index (χ1v) is 6.43. The van der Waals surface area contributed by atoms with E-state index in [2.05, 4.69) is 19.2 Å². The first-order valence-electron chi connectivity index (χ1n) is 6.43. The SMILES string of the molecule is CC.CC(C)C1CCC2(CC1)CNC2. The second-order valence-electron chi connectivity index (χ2n) is 5.19. The zero-order valence-electron chi connectivity index (χ0n) is 10.4. The minimum Gasteiger partial charge on any atom is -0.316 e. The molecule has 0 radical (unpaired) electrons. The highest BCUT2D eigenvalue weighted by molar-refractivity contribution is 4.95. The van der Waals surface area contributed by atoms with Crippen molar-refractivity contribution in [1.29, 1.82) is 0 Å². The predicted molar refractivity (Wildman–Crippen MR) is 63.4 cm³/mol. The molecule has 1 N–H and O–H groups in total. The van der Waals surface area contributed by atoms with Gasteiger partial charge < -0.3 is 5.32 Å². The van der Waals surface area contributed by atoms with Crippen LogP contribution in [-0.4, -0.2) is 13.1 Å². The molecule has 0 atom stereocenters. The fraction of sp³-hybridized carbons (Fsp3) is 1.00. The highest BCUT2D eigenvalue weighted by Gasteiger charge is 2.40. The van der Waals surface area contributed by atoms with Crippen molar-refractivity contribution in [2.45, 2.75) is 53.4 Å². The molecular formula is C13H27N. The van der Waals surface area contributed by atoms with Gasteiger partial charge in [-0.05, 0) is 42.9 Å². The van der Waals surface area contributed by atoms with E-state index in [4.69, 9.17) is 0 Å². The van der Waals surface area contributed by atoms with E-state index in [0.29, 0.717) is 0 Å². The first kappa shape index (κ1) is 12.0. The van der Waals surface area contributed by atoms with Crippen LogP contribution in [0.5, 0.6) is 0 Å². The molecule has 0 aromatic carbocycles. The van der Waals surface area contributed by atoms with Gasteiger partial charge in [-0.1, -0.05) is 27.7 Å². The van der Waals surface area contributed by atoms with E-state index >= 15 is 0 Å². The summed E-state index contributed by atoms with van der Waals surface area (Å²) in [4.78, 5) is 0. The molecule has 2 aliphatic rings. The van der Waals surface area contributed by atoms with Crippen molar-refractivity contribution >= 4 is 0 Å². The average Bonchev–Trinajstić information content (AvgIpc) is 2.19. The van der Waals surface area contributed by atoms with Crippen molar-refractivity contribution in [1.82, 2.24) is 5.32 Å². The second-order valence-corrected chi connectivity index (χ2v) is 5.19. The maximum absolute atomic E-state index is 3.42. The summed E-state index contributed by atoms with van der Waals surface area (Å²) in [6.45, 7) is 11.4. The normalized spacial score (nSPS) is 25.5. The Morgan fingerprint density at radius 1 is 1.07 bits per heavy atom. The lowest BCUT2D eigenvalue weighted by Crippen LogP contribution is -2.55. The van der Waals surface area contributed by atoms with Crippen molar-refractivity contribution in [2.24, 2.45) is 17.3 Å². The summed E-state index contributed by atoms with van der Waals surface area (Å²) in [7, 11) is 0. The molecule has 0 aromatic rings. The van der Waals surface area contributed by atoms with E-state index in [-0.39, 0.29) is 0 Å². The van der Waals surface area contributed by atoms with E-state index in [0.717, 1.165) is 17.3 Å². The Bertz CT molecular complexity index is 149. The third kappa shape index (κ3) is 2.50. The molecule has 14 heavy (non-hydrogen) atoms. The van der Waals surface area contributed by atoms with Crippen LogP contribution in [0.1, 0.15) is 53.4 Å². The molecule has 1 aliphatic heterocycles. The van der Waals surface area contributed by atoms with Crippen LogP contribution < -0.4 is 5.32 Å². The van der Waals surface area contributed by atoms with Crippen LogP contribution in [0.15, 0.2) is 0 Å². The van der Waals surface area contributed by atoms with Gasteiger partial charge in [-0.3, -0.25) is 0 Å². The van der Waals surface area contributed by atoms with Gasteiger partial charge in [0, 0.05) is 13.1 Å². The topological polar surface area (TPSA) is 12.0 Å². The molecule has 84 valence electrons. The molecule has 2 rings (SSSR count). The van der Waals surface area contributed by atoms with E-state index in [9.17, 15) is 0 Å². The molecule has 0 amide bonds. The fourth-order valence-corrected chi connectivity index (χ4v) is 2.75. The van der Waals surface area contributed by atoms with Gasteiger partial charge in [0.2, 0.25) is 0 Å². The number of hydrogen-bond donors (Lipinski definition) is 1. The second kappa shape index (κ2) is 5.16. The quantitative estimate of drug-likeness (QED) is 0.679. The molecular weight excluding hydrogens is 170 g/mol. The number of rotatable bonds is 1. The molecule has 1 heteroatoms. The zero-order valence-corrected chi connectivity index (χ0v) is 10.4. The Morgan fingerprint density at radius 3 is 1.86 bits per heavy atom. The maximum Gasteiger partial charge on any atom is 0.00202 e. The van der Waals surface area contributed by atoms with E-state index in [1.807, 2.05) is 13.8 Å². The average molecular weight is 197 g/mol. The van der Waals surface area contributed by atoms with Crippen LogP contribution in [0.25, 0.3) is 0 Å². The van der Waals surface area contributed by atoms with Gasteiger partial charge in [0.15, 0.2) is 0 Å². The van der Waals surface area contributed by atoms with Crippen LogP contribution in [-0.2, 0) is 0 Å². The van der Waals surface area contributed by atoms with E-state index in [1.54, 1.807) is 0 Å². The Hall–Kier alpha value is -0.0400. The van der Waals surface area contributed by atoms with Crippen molar-refractivity contribution in [3.63, 3.8) is 0 Å². The number of nitrogens with one attached hydrogen (secondary N) is 1. The van der Waals surface area contributed by atoms with Crippen molar-refractivity contribution in [2.75, 3.05) is 13.1 Å². The van der Waals surface area contributed by atoms with Gasteiger partial charge in [0.25, 0.3) is 0 Å². The maximum atomic E-state index is 3.42. The molecule has 0 aromatic heterocycles. The van der Waals surface area contributed by atoms with Gasteiger partial charge in [-0.15, -0.1) is 0 Å². The molecule has 1 nitrogen and oxygen atoms in total. The van der Waals surface area contributed by atoms with Crippen LogP contribution in [0.4, 0.5) is 0 Å². The summed E-state index contributed by atoms with van der Waals surface area (Å²) in [5, 5.41) is 3.42. The molecule has 0 bridgehead atoms. The molecule has 1 saturated heterocycles. The van der Waals surface area contributed by atoms with Crippen molar-refractivity contribution in [3.05, 3.63) is 0 Å². The fourth-order valence-electron chi connectivity index (χ4n) is 2.75. The highest BCUT2D eigenvalue weighted by atomic mass is 15.0. The molecule has 1 saturated carbocycles. The van der Waals surface area contributed by atoms with Crippen LogP contribution in [0.2, 0.25) is 0 Å². The molecule has 0 unspecified atom stereocenters. The van der Waals surface area contributed by atoms with Crippen LogP contribution >= 0.6 is 0 Å². The summed E-state index contributed by atoms with van der Waals surface area (Å²) < 4.78 is 0. The van der Waals surface area contributed by atoms with Crippen LogP contribution in [0, 0.1) is 17.3 Å². The monoisotopic (exact) mass is 197 g/mol. The first-order chi connectivity index (χ1) is 6.72. The molecule has 1 spiro atoms. The summed E-state index contributed by atoms with van der Waals surface area (Å²) in [6, 6.07) is 0. The van der Waals surface area contributed by atoms with Crippen molar-refractivity contribution in [3.8, 4) is 0 Å². The standard InChI is InChI=1S/C11H21N.C2H6/c1-9(2)10-3-5-11(6-4-10)7-12-8-11;1-2/h9-10,12H,3-8H2,1-2H3;1-2H3. The Labute approximate surface area is 89.7 Å². The summed E-state index contributed by atoms with van der Waals surface area (Å²) >= 11 is 0. The summed E-state index contributed by atoms with van der Waals surface area (Å²) in [6.07, 6.45) is 5.95. The van der Waals surface area contributed by atoms with Gasteiger partial charge in [-0.25, -0.2) is 0 Å². The third-order valence-electron chi connectivity index (χ3n) is 4.03. The van der Waals surface area contributed by atoms with Gasteiger partial charge in [0.05, 0.1) is 0 Å². The largest absolute Gasteiger partial charge is 0.316 e. The zero-order chi connectivity index (χ0) is 10.6. The van der Waals surface area contributed by atoms with Gasteiger partial charge >= 0.3 is 0 Å². The lowest BCUT2D eigenvalue weighted by molar-refractivity contribution is 0.0690. The molecule has 2 fully saturated rings. The molecule has 1 heterocycles. The summed E-state index contributed by atoms with van der Waals surface area (Å²) in [5.41, 5.74) is 0.755. The molecule has 1 aliphatic carbocycles. The summed E-state index contributed by atoms with van der Waals surface area (Å²) in [5.74, 6) is 1.94. The smallest absolute Gasteiger partial charge is 0.00202 e. The van der Waals surface area contributed by atoms with Crippen molar-refractivity contribution < 1.29 is 0 Å². The minimum absolute atomic E-state index is 0.755. The van der Waals surface area contributed by atoms with Crippen LogP contribution in [0.3, 0.4) is 0 Å². The Morgan fingerprint density at radius 2 is 1.57 bits per heavy atom. The highest BCUT2D eigenvalue weighted by Crippen LogP contribution is 2.43. The van der Waals surface area contributed by atoms with Gasteiger partial charge in [0.1, 0.15) is 0 Å². The minimum atomic E-state index is 0.755. The van der Waals surface area contributed by atoms with Gasteiger partial charge in [-0.2, -0.15) is 0 Å². The van der Waals surface area contributed by atoms with E-state index in [1.165, 1.54) is 38.8 Å². The Balaban J connectivity index is 0.000000461. The van der Waals surface area contributed by atoms with E-state index < -0.39 is 0 Å². The lowest BCUT2D eigenvalue weighted by atomic mass is 9.65. The lowest BCUT2D eigenvalue weighted by Gasteiger charge is -2.48.